The van der Waals surface area contributed by atoms with Gasteiger partial charge in [-0.25, -0.2) is 9.67 Å². The Kier molecular flexibility index (Phi) is 2.41. The number of pyridine rings is 1. The molecule has 14 heavy (non-hydrogen) atoms. The lowest BCUT2D eigenvalue weighted by Crippen LogP contribution is -1.96. The van der Waals surface area contributed by atoms with Crippen molar-refractivity contribution >= 4 is 22.2 Å². The minimum absolute atomic E-state index is 0.510. The third kappa shape index (κ3) is 1.58. The van der Waals surface area contributed by atoms with E-state index in [1.165, 1.54) is 0 Å². The van der Waals surface area contributed by atoms with Crippen molar-refractivity contribution in [1.29, 1.82) is 0 Å². The van der Waals surface area contributed by atoms with Gasteiger partial charge >= 0.3 is 0 Å². The molecule has 0 N–H and O–H groups in total. The lowest BCUT2D eigenvalue weighted by Gasteiger charge is -1.96. The third-order valence-electron chi connectivity index (χ3n) is 1.71. The van der Waals surface area contributed by atoms with Crippen LogP contribution in [0.2, 0.25) is 0 Å². The molecule has 0 atom stereocenters. The summed E-state index contributed by atoms with van der Waals surface area (Å²) in [6, 6.07) is 5.50. The van der Waals surface area contributed by atoms with Crippen LogP contribution >= 0.6 is 15.9 Å². The van der Waals surface area contributed by atoms with Gasteiger partial charge in [-0.05, 0) is 28.1 Å². The summed E-state index contributed by atoms with van der Waals surface area (Å²) in [7, 11) is 0. The number of hydrogen-bond donors (Lipinski definition) is 0. The Morgan fingerprint density at radius 3 is 2.86 bits per heavy atom. The summed E-state index contributed by atoms with van der Waals surface area (Å²) < 4.78 is 2.08. The van der Waals surface area contributed by atoms with Crippen LogP contribution in [0.15, 0.2) is 35.2 Å². The summed E-state index contributed by atoms with van der Waals surface area (Å²) in [5.74, 6) is 0.682. The topological polar surface area (TPSA) is 47.8 Å². The van der Waals surface area contributed by atoms with Gasteiger partial charge in [-0.15, -0.1) is 0 Å². The van der Waals surface area contributed by atoms with Crippen molar-refractivity contribution in [3.63, 3.8) is 0 Å². The number of carbonyl (C=O) groups excluding carboxylic acids is 1. The minimum atomic E-state index is 0.510. The second-order valence-electron chi connectivity index (χ2n) is 2.63. The lowest BCUT2D eigenvalue weighted by atomic mass is 10.4. The summed E-state index contributed by atoms with van der Waals surface area (Å²) in [4.78, 5) is 14.7. The van der Waals surface area contributed by atoms with Gasteiger partial charge in [0.25, 0.3) is 0 Å². The van der Waals surface area contributed by atoms with Crippen molar-refractivity contribution in [2.75, 3.05) is 0 Å². The van der Waals surface area contributed by atoms with Gasteiger partial charge in [0.15, 0.2) is 12.1 Å². The molecule has 0 amide bonds. The zero-order valence-electron chi connectivity index (χ0n) is 7.09. The summed E-state index contributed by atoms with van der Waals surface area (Å²) in [5, 5.41) is 4.09. The molecule has 0 unspecified atom stereocenters. The maximum absolute atomic E-state index is 10.6. The van der Waals surface area contributed by atoms with E-state index in [2.05, 4.69) is 26.0 Å². The minimum Gasteiger partial charge on any atom is -0.298 e. The molecular weight excluding hydrogens is 246 g/mol. The standard InChI is InChI=1S/C9H6BrN3O/c10-9-7(6-14)5-13(12-9)8-3-1-2-4-11-8/h1-6H. The highest BCUT2D eigenvalue weighted by Gasteiger charge is 2.06. The number of halogens is 1. The van der Waals surface area contributed by atoms with E-state index in [-0.39, 0.29) is 0 Å². The van der Waals surface area contributed by atoms with E-state index in [4.69, 9.17) is 0 Å². The Balaban J connectivity index is 2.48. The van der Waals surface area contributed by atoms with Gasteiger partial charge in [0.2, 0.25) is 0 Å². The average Bonchev–Trinajstić information content (AvgIpc) is 2.61. The van der Waals surface area contributed by atoms with E-state index >= 15 is 0 Å². The van der Waals surface area contributed by atoms with Crippen molar-refractivity contribution in [3.8, 4) is 5.82 Å². The van der Waals surface area contributed by atoms with Gasteiger partial charge in [0.05, 0.1) is 5.56 Å². The molecule has 70 valence electrons. The number of aromatic nitrogens is 3. The van der Waals surface area contributed by atoms with Crippen LogP contribution in [0.1, 0.15) is 10.4 Å². The highest BCUT2D eigenvalue weighted by Crippen LogP contribution is 2.14. The largest absolute Gasteiger partial charge is 0.298 e. The second-order valence-corrected chi connectivity index (χ2v) is 3.38. The predicted octanol–water partition coefficient (Wildman–Crippen LogP) is 1.84. The molecule has 0 radical (unpaired) electrons. The highest BCUT2D eigenvalue weighted by atomic mass is 79.9. The van der Waals surface area contributed by atoms with Crippen LogP contribution in [-0.2, 0) is 0 Å². The zero-order valence-corrected chi connectivity index (χ0v) is 8.68. The fourth-order valence-corrected chi connectivity index (χ4v) is 1.42. The van der Waals surface area contributed by atoms with Gasteiger partial charge in [0.1, 0.15) is 4.60 Å². The highest BCUT2D eigenvalue weighted by molar-refractivity contribution is 9.10. The fourth-order valence-electron chi connectivity index (χ4n) is 1.05. The van der Waals surface area contributed by atoms with Gasteiger partial charge in [-0.3, -0.25) is 4.79 Å². The van der Waals surface area contributed by atoms with Crippen molar-refractivity contribution in [1.82, 2.24) is 14.8 Å². The van der Waals surface area contributed by atoms with E-state index in [0.29, 0.717) is 16.0 Å². The van der Waals surface area contributed by atoms with Crippen LogP contribution in [0.3, 0.4) is 0 Å². The molecular formula is C9H6BrN3O. The first-order chi connectivity index (χ1) is 6.81. The molecule has 0 aliphatic carbocycles. The predicted molar refractivity (Wildman–Crippen MR) is 54.4 cm³/mol. The van der Waals surface area contributed by atoms with Crippen molar-refractivity contribution in [2.45, 2.75) is 0 Å². The summed E-state index contributed by atoms with van der Waals surface area (Å²) in [5.41, 5.74) is 0.510. The molecule has 0 bridgehead atoms. The molecule has 5 heteroatoms. The van der Waals surface area contributed by atoms with Crippen LogP contribution in [0.4, 0.5) is 0 Å². The quantitative estimate of drug-likeness (QED) is 0.766. The summed E-state index contributed by atoms with van der Waals surface area (Å²) in [6.07, 6.45) is 4.04. The smallest absolute Gasteiger partial charge is 0.154 e. The molecule has 0 saturated carbocycles. The summed E-state index contributed by atoms with van der Waals surface area (Å²) in [6.45, 7) is 0. The van der Waals surface area contributed by atoms with E-state index in [9.17, 15) is 4.79 Å². The molecule has 0 aromatic carbocycles. The number of hydrogen-bond acceptors (Lipinski definition) is 3. The maximum Gasteiger partial charge on any atom is 0.154 e. The maximum atomic E-state index is 10.6. The molecule has 0 fully saturated rings. The van der Waals surface area contributed by atoms with Crippen molar-refractivity contribution in [3.05, 3.63) is 40.8 Å². The Hall–Kier alpha value is -1.49. The first-order valence-corrected chi connectivity index (χ1v) is 4.72. The number of rotatable bonds is 2. The van der Waals surface area contributed by atoms with E-state index in [1.807, 2.05) is 18.2 Å². The second kappa shape index (κ2) is 3.71. The van der Waals surface area contributed by atoms with Gasteiger partial charge < -0.3 is 0 Å². The van der Waals surface area contributed by atoms with Crippen LogP contribution in [-0.4, -0.2) is 21.1 Å². The molecule has 2 rings (SSSR count). The van der Waals surface area contributed by atoms with Crippen LogP contribution < -0.4 is 0 Å². The SMILES string of the molecule is O=Cc1cn(-c2ccccn2)nc1Br. The Bertz CT molecular complexity index is 452. The third-order valence-corrected chi connectivity index (χ3v) is 2.32. The average molecular weight is 252 g/mol. The first-order valence-electron chi connectivity index (χ1n) is 3.93. The number of aldehydes is 1. The van der Waals surface area contributed by atoms with Crippen molar-refractivity contribution < 1.29 is 4.79 Å². The van der Waals surface area contributed by atoms with Crippen molar-refractivity contribution in [2.24, 2.45) is 0 Å². The van der Waals surface area contributed by atoms with Gasteiger partial charge in [-0.2, -0.15) is 5.10 Å². The molecule has 2 aromatic rings. The Morgan fingerprint density at radius 2 is 2.29 bits per heavy atom. The van der Waals surface area contributed by atoms with Crippen LogP contribution in [0.25, 0.3) is 5.82 Å². The summed E-state index contributed by atoms with van der Waals surface area (Å²) >= 11 is 3.18. The van der Waals surface area contributed by atoms with Gasteiger partial charge in [0, 0.05) is 12.4 Å². The van der Waals surface area contributed by atoms with Crippen LogP contribution in [0, 0.1) is 0 Å². The zero-order chi connectivity index (χ0) is 9.97. The fraction of sp³-hybridized carbons (Fsp3) is 0. The van der Waals surface area contributed by atoms with E-state index in [0.717, 1.165) is 6.29 Å². The van der Waals surface area contributed by atoms with E-state index < -0.39 is 0 Å². The molecule has 2 heterocycles. The molecule has 0 saturated heterocycles. The Morgan fingerprint density at radius 1 is 1.43 bits per heavy atom. The van der Waals surface area contributed by atoms with Crippen LogP contribution in [0.5, 0.6) is 0 Å². The monoisotopic (exact) mass is 251 g/mol. The molecule has 4 nitrogen and oxygen atoms in total. The molecule has 0 aliphatic heterocycles. The number of nitrogens with zero attached hydrogens (tertiary/aromatic N) is 3. The number of carbonyl (C=O) groups is 1. The molecule has 0 aliphatic rings. The normalized spacial score (nSPS) is 10.1. The molecule has 0 spiro atoms. The first kappa shape index (κ1) is 9.08. The van der Waals surface area contributed by atoms with E-state index in [1.54, 1.807) is 17.1 Å². The Labute approximate surface area is 88.7 Å². The van der Waals surface area contributed by atoms with Gasteiger partial charge in [-0.1, -0.05) is 6.07 Å². The molecule has 2 aromatic heterocycles. The lowest BCUT2D eigenvalue weighted by molar-refractivity contribution is 0.112.